The van der Waals surface area contributed by atoms with Crippen LogP contribution < -0.4 is 5.32 Å². The monoisotopic (exact) mass is 358 g/mol. The molecule has 0 saturated carbocycles. The number of anilines is 1. The molecule has 0 saturated heterocycles. The fourth-order valence-electron chi connectivity index (χ4n) is 2.40. The van der Waals surface area contributed by atoms with Gasteiger partial charge in [-0.15, -0.1) is 11.6 Å². The van der Waals surface area contributed by atoms with Crippen molar-refractivity contribution in [1.82, 2.24) is 14.7 Å². The number of carbonyl (C=O) groups excluding carboxylic acids is 2. The number of fused-ring (bicyclic) bond motifs is 1. The summed E-state index contributed by atoms with van der Waals surface area (Å²) in [6.07, 6.45) is -0.385. The van der Waals surface area contributed by atoms with E-state index >= 15 is 0 Å². The smallest absolute Gasteiger partial charge is 0.412 e. The van der Waals surface area contributed by atoms with Gasteiger partial charge in [-0.3, -0.25) is 10.00 Å². The number of ether oxygens (including phenoxy) is 2. The zero-order chi connectivity index (χ0) is 17.9. The first-order valence-electron chi connectivity index (χ1n) is 7.73. The lowest BCUT2D eigenvalue weighted by Crippen LogP contribution is -2.40. The predicted molar refractivity (Wildman–Crippen MR) is 89.2 cm³/mol. The third-order valence-corrected chi connectivity index (χ3v) is 3.53. The van der Waals surface area contributed by atoms with Crippen molar-refractivity contribution < 1.29 is 19.1 Å². The minimum absolute atomic E-state index is 0.122. The van der Waals surface area contributed by atoms with Crippen molar-refractivity contribution in [3.63, 3.8) is 0 Å². The predicted octanol–water partition coefficient (Wildman–Crippen LogP) is 2.50. The molecule has 2 amide bonds. The molecule has 1 aromatic rings. The largest absolute Gasteiger partial charge is 0.448 e. The van der Waals surface area contributed by atoms with E-state index in [4.69, 9.17) is 21.1 Å². The van der Waals surface area contributed by atoms with Crippen LogP contribution in [-0.4, -0.2) is 51.5 Å². The van der Waals surface area contributed by atoms with Crippen molar-refractivity contribution in [2.24, 2.45) is 7.05 Å². The summed E-state index contributed by atoms with van der Waals surface area (Å²) in [4.78, 5) is 25.6. The summed E-state index contributed by atoms with van der Waals surface area (Å²) in [6.45, 7) is 6.44. The fourth-order valence-corrected chi connectivity index (χ4v) is 2.48. The van der Waals surface area contributed by atoms with Crippen LogP contribution in [0.3, 0.4) is 0 Å². The van der Waals surface area contributed by atoms with Crippen molar-refractivity contribution in [3.8, 4) is 0 Å². The van der Waals surface area contributed by atoms with Gasteiger partial charge in [-0.05, 0) is 20.8 Å². The third-order valence-electron chi connectivity index (χ3n) is 3.38. The van der Waals surface area contributed by atoms with Crippen molar-refractivity contribution in [3.05, 3.63) is 11.3 Å². The lowest BCUT2D eigenvalue weighted by Gasteiger charge is -2.29. The lowest BCUT2D eigenvalue weighted by atomic mass is 10.1. The summed E-state index contributed by atoms with van der Waals surface area (Å²) < 4.78 is 11.9. The molecule has 0 aliphatic carbocycles. The summed E-state index contributed by atoms with van der Waals surface area (Å²) in [5, 5.41) is 7.06. The van der Waals surface area contributed by atoms with E-state index < -0.39 is 11.7 Å². The molecule has 134 valence electrons. The second kappa shape index (κ2) is 7.29. The topological polar surface area (TPSA) is 85.7 Å². The summed E-state index contributed by atoms with van der Waals surface area (Å²) in [5.41, 5.74) is 1.08. The third kappa shape index (κ3) is 4.53. The molecule has 0 fully saturated rings. The number of alkyl halides is 1. The normalized spacial score (nSPS) is 14.1. The highest BCUT2D eigenvalue weighted by atomic mass is 35.5. The molecule has 2 heterocycles. The first-order valence-corrected chi connectivity index (χ1v) is 8.27. The van der Waals surface area contributed by atoms with Gasteiger partial charge in [0.2, 0.25) is 0 Å². The van der Waals surface area contributed by atoms with Crippen LogP contribution in [0.25, 0.3) is 0 Å². The van der Waals surface area contributed by atoms with Gasteiger partial charge in [0.25, 0.3) is 0 Å². The number of amides is 2. The van der Waals surface area contributed by atoms with Gasteiger partial charge in [0, 0.05) is 25.6 Å². The summed E-state index contributed by atoms with van der Waals surface area (Å²) >= 11 is 5.50. The Bertz CT molecular complexity index is 624. The van der Waals surface area contributed by atoms with Gasteiger partial charge in [-0.1, -0.05) is 0 Å². The molecule has 0 unspecified atom stereocenters. The van der Waals surface area contributed by atoms with Crippen LogP contribution in [0.2, 0.25) is 0 Å². The SMILES string of the molecule is Cn1nc2c(c1NC(=O)OCCCl)CN(C(=O)OC(C)(C)C)CC2. The molecule has 0 radical (unpaired) electrons. The van der Waals surface area contributed by atoms with Gasteiger partial charge >= 0.3 is 12.2 Å². The Morgan fingerprint density at radius 1 is 1.38 bits per heavy atom. The Balaban J connectivity index is 2.12. The molecular weight excluding hydrogens is 336 g/mol. The number of carbonyl (C=O) groups is 2. The summed E-state index contributed by atoms with van der Waals surface area (Å²) in [6, 6.07) is 0. The second-order valence-corrected chi connectivity index (χ2v) is 6.88. The summed E-state index contributed by atoms with van der Waals surface area (Å²) in [7, 11) is 1.73. The van der Waals surface area contributed by atoms with Crippen molar-refractivity contribution in [2.45, 2.75) is 39.3 Å². The number of hydrogen-bond donors (Lipinski definition) is 1. The minimum Gasteiger partial charge on any atom is -0.448 e. The Morgan fingerprint density at radius 2 is 2.08 bits per heavy atom. The van der Waals surface area contributed by atoms with E-state index in [1.165, 1.54) is 0 Å². The van der Waals surface area contributed by atoms with Gasteiger partial charge in [0.05, 0.1) is 18.1 Å². The highest BCUT2D eigenvalue weighted by molar-refractivity contribution is 6.18. The van der Waals surface area contributed by atoms with Crippen LogP contribution >= 0.6 is 11.6 Å². The van der Waals surface area contributed by atoms with Crippen LogP contribution in [0.5, 0.6) is 0 Å². The van der Waals surface area contributed by atoms with Crippen LogP contribution in [0.1, 0.15) is 32.0 Å². The number of rotatable bonds is 3. The average Bonchev–Trinajstić information content (AvgIpc) is 2.78. The van der Waals surface area contributed by atoms with Crippen LogP contribution in [-0.2, 0) is 29.5 Å². The standard InChI is InChI=1S/C15H23ClN4O4/c1-15(2,3)24-14(22)20-7-5-11-10(9-20)12(19(4)18-11)17-13(21)23-8-6-16/h5-9H2,1-4H3,(H,17,21). The van der Waals surface area contributed by atoms with Crippen LogP contribution in [0, 0.1) is 0 Å². The molecule has 1 N–H and O–H groups in total. The van der Waals surface area contributed by atoms with Gasteiger partial charge < -0.3 is 14.4 Å². The maximum Gasteiger partial charge on any atom is 0.412 e. The lowest BCUT2D eigenvalue weighted by molar-refractivity contribution is 0.0224. The molecule has 9 heteroatoms. The maximum absolute atomic E-state index is 12.3. The zero-order valence-electron chi connectivity index (χ0n) is 14.4. The molecule has 1 aromatic heterocycles. The molecule has 0 aromatic carbocycles. The number of hydrogen-bond acceptors (Lipinski definition) is 5. The van der Waals surface area contributed by atoms with Crippen molar-refractivity contribution in [2.75, 3.05) is 24.3 Å². The highest BCUT2D eigenvalue weighted by Crippen LogP contribution is 2.27. The van der Waals surface area contributed by atoms with E-state index in [1.54, 1.807) is 16.6 Å². The molecular formula is C15H23ClN4O4. The second-order valence-electron chi connectivity index (χ2n) is 6.50. The zero-order valence-corrected chi connectivity index (χ0v) is 15.1. The van der Waals surface area contributed by atoms with Crippen molar-refractivity contribution in [1.29, 1.82) is 0 Å². The number of aryl methyl sites for hydroxylation is 1. The molecule has 1 aliphatic rings. The van der Waals surface area contributed by atoms with E-state index in [-0.39, 0.29) is 18.6 Å². The Kier molecular flexibility index (Phi) is 5.58. The average molecular weight is 359 g/mol. The van der Waals surface area contributed by atoms with Crippen LogP contribution in [0.15, 0.2) is 0 Å². The van der Waals surface area contributed by atoms with E-state index in [0.717, 1.165) is 11.3 Å². The van der Waals surface area contributed by atoms with E-state index in [1.807, 2.05) is 20.8 Å². The quantitative estimate of drug-likeness (QED) is 0.839. The summed E-state index contributed by atoms with van der Waals surface area (Å²) in [5.74, 6) is 0.737. The van der Waals surface area contributed by atoms with E-state index in [2.05, 4.69) is 10.4 Å². The van der Waals surface area contributed by atoms with Gasteiger partial charge in [0.15, 0.2) is 0 Å². The Morgan fingerprint density at radius 3 is 2.71 bits per heavy atom. The van der Waals surface area contributed by atoms with Gasteiger partial charge in [-0.25, -0.2) is 9.59 Å². The molecule has 24 heavy (non-hydrogen) atoms. The highest BCUT2D eigenvalue weighted by Gasteiger charge is 2.30. The fraction of sp³-hybridized carbons (Fsp3) is 0.667. The molecule has 0 bridgehead atoms. The molecule has 0 spiro atoms. The van der Waals surface area contributed by atoms with E-state index in [0.29, 0.717) is 25.3 Å². The first-order chi connectivity index (χ1) is 11.2. The van der Waals surface area contributed by atoms with E-state index in [9.17, 15) is 9.59 Å². The Hall–Kier alpha value is -1.96. The number of aromatic nitrogens is 2. The molecule has 2 rings (SSSR count). The van der Waals surface area contributed by atoms with Gasteiger partial charge in [-0.2, -0.15) is 5.10 Å². The molecule has 0 atom stereocenters. The number of nitrogens with one attached hydrogen (secondary N) is 1. The number of halogens is 1. The minimum atomic E-state index is -0.601. The van der Waals surface area contributed by atoms with Crippen molar-refractivity contribution >= 4 is 29.6 Å². The van der Waals surface area contributed by atoms with Crippen LogP contribution in [0.4, 0.5) is 15.4 Å². The molecule has 8 nitrogen and oxygen atoms in total. The molecule has 1 aliphatic heterocycles. The van der Waals surface area contributed by atoms with Gasteiger partial charge in [0.1, 0.15) is 18.0 Å². The Labute approximate surface area is 146 Å². The first kappa shape index (κ1) is 18.4. The maximum atomic E-state index is 12.3. The number of nitrogens with zero attached hydrogens (tertiary/aromatic N) is 3.